The van der Waals surface area contributed by atoms with Gasteiger partial charge in [0, 0.05) is 0 Å². The third kappa shape index (κ3) is 3.21. The van der Waals surface area contributed by atoms with Gasteiger partial charge in [0.1, 0.15) is 0 Å². The Morgan fingerprint density at radius 2 is 1.59 bits per heavy atom. The Hall–Kier alpha value is -1.06. The maximum Gasteiger partial charge on any atom is 0.487 e. The molecule has 0 radical (unpaired) electrons. The number of allylic oxidation sites excluding steroid dienone is 5. The Labute approximate surface area is 105 Å². The molecule has 1 heterocycles. The van der Waals surface area contributed by atoms with E-state index in [0.29, 0.717) is 0 Å². The fourth-order valence-electron chi connectivity index (χ4n) is 1.48. The van der Waals surface area contributed by atoms with E-state index in [4.69, 9.17) is 9.31 Å². The lowest BCUT2D eigenvalue weighted by Crippen LogP contribution is -2.41. The lowest BCUT2D eigenvalue weighted by Gasteiger charge is -2.32. The fourth-order valence-corrected chi connectivity index (χ4v) is 1.48. The molecule has 0 aliphatic carbocycles. The molecule has 92 valence electrons. The highest BCUT2D eigenvalue weighted by Crippen LogP contribution is 2.36. The molecule has 1 rings (SSSR count). The Morgan fingerprint density at radius 3 is 2.00 bits per heavy atom. The van der Waals surface area contributed by atoms with E-state index >= 15 is 0 Å². The third-order valence-electron chi connectivity index (χ3n) is 3.26. The first-order valence-corrected chi connectivity index (χ1v) is 5.81. The highest BCUT2D eigenvalue weighted by molar-refractivity contribution is 6.51. The van der Waals surface area contributed by atoms with Crippen molar-refractivity contribution in [3.05, 3.63) is 49.0 Å². The van der Waals surface area contributed by atoms with Gasteiger partial charge in [0.15, 0.2) is 0 Å². The van der Waals surface area contributed by atoms with Gasteiger partial charge in [-0.15, -0.1) is 0 Å². The average Bonchev–Trinajstić information content (AvgIpc) is 2.42. The molecule has 17 heavy (non-hydrogen) atoms. The van der Waals surface area contributed by atoms with Gasteiger partial charge in [0.2, 0.25) is 0 Å². The summed E-state index contributed by atoms with van der Waals surface area (Å²) < 4.78 is 11.7. The van der Waals surface area contributed by atoms with Gasteiger partial charge in [-0.2, -0.15) is 0 Å². The van der Waals surface area contributed by atoms with E-state index in [0.717, 1.165) is 5.57 Å². The minimum absolute atomic E-state index is 0.293. The van der Waals surface area contributed by atoms with E-state index in [1.54, 1.807) is 12.2 Å². The van der Waals surface area contributed by atoms with Gasteiger partial charge in [0.25, 0.3) is 0 Å². The van der Waals surface area contributed by atoms with E-state index in [-0.39, 0.29) is 18.3 Å². The van der Waals surface area contributed by atoms with Crippen molar-refractivity contribution in [2.24, 2.45) is 0 Å². The average molecular weight is 232 g/mol. The fraction of sp³-hybridized carbons (Fsp3) is 0.429. The molecule has 3 heteroatoms. The number of hydrogen-bond acceptors (Lipinski definition) is 2. The van der Waals surface area contributed by atoms with Crippen molar-refractivity contribution < 1.29 is 9.31 Å². The van der Waals surface area contributed by atoms with E-state index in [1.165, 1.54) is 0 Å². The van der Waals surface area contributed by atoms with Crippen LogP contribution in [0.4, 0.5) is 0 Å². The zero-order valence-electron chi connectivity index (χ0n) is 11.2. The van der Waals surface area contributed by atoms with E-state index in [1.807, 2.05) is 45.8 Å². The van der Waals surface area contributed by atoms with Gasteiger partial charge in [-0.05, 0) is 33.3 Å². The monoisotopic (exact) mass is 232 g/mol. The van der Waals surface area contributed by atoms with Crippen LogP contribution in [-0.4, -0.2) is 18.3 Å². The highest BCUT2D eigenvalue weighted by Gasteiger charge is 2.49. The molecule has 1 aliphatic heterocycles. The van der Waals surface area contributed by atoms with Gasteiger partial charge in [-0.3, -0.25) is 0 Å². The third-order valence-corrected chi connectivity index (χ3v) is 3.26. The van der Waals surface area contributed by atoms with Crippen LogP contribution in [0.25, 0.3) is 0 Å². The molecule has 2 nitrogen and oxygen atoms in total. The van der Waals surface area contributed by atoms with Crippen LogP contribution < -0.4 is 0 Å². The lowest BCUT2D eigenvalue weighted by atomic mass is 9.89. The summed E-state index contributed by atoms with van der Waals surface area (Å²) in [5.41, 5.74) is 0.395. The summed E-state index contributed by atoms with van der Waals surface area (Å²) in [6.07, 6.45) is 7.31. The SMILES string of the molecule is C=C/C=C(C=C)/C=C/B1OC(C)(C)C(C)(C)O1. The minimum Gasteiger partial charge on any atom is -0.400 e. The number of rotatable bonds is 4. The smallest absolute Gasteiger partial charge is 0.400 e. The predicted octanol–water partition coefficient (Wildman–Crippen LogP) is 3.47. The van der Waals surface area contributed by atoms with Crippen molar-refractivity contribution in [3.63, 3.8) is 0 Å². The van der Waals surface area contributed by atoms with Crippen LogP contribution in [0.5, 0.6) is 0 Å². The second-order valence-electron chi connectivity index (χ2n) is 5.09. The van der Waals surface area contributed by atoms with Crippen molar-refractivity contribution in [2.75, 3.05) is 0 Å². The molecule has 0 N–H and O–H groups in total. The van der Waals surface area contributed by atoms with Crippen molar-refractivity contribution in [1.29, 1.82) is 0 Å². The molecule has 0 aromatic heterocycles. The van der Waals surface area contributed by atoms with Crippen molar-refractivity contribution >= 4 is 7.12 Å². The normalized spacial score (nSPS) is 23.1. The minimum atomic E-state index is -0.312. The van der Waals surface area contributed by atoms with Crippen LogP contribution in [0.15, 0.2) is 49.0 Å². The Morgan fingerprint density at radius 1 is 1.06 bits per heavy atom. The zero-order valence-corrected chi connectivity index (χ0v) is 11.2. The van der Waals surface area contributed by atoms with Crippen LogP contribution in [-0.2, 0) is 9.31 Å². The summed E-state index contributed by atoms with van der Waals surface area (Å²) in [7, 11) is -0.312. The molecule has 0 bridgehead atoms. The second-order valence-corrected chi connectivity index (χ2v) is 5.09. The summed E-state index contributed by atoms with van der Waals surface area (Å²) >= 11 is 0. The van der Waals surface area contributed by atoms with Crippen LogP contribution in [0.1, 0.15) is 27.7 Å². The van der Waals surface area contributed by atoms with Gasteiger partial charge in [-0.1, -0.05) is 43.4 Å². The van der Waals surface area contributed by atoms with E-state index in [2.05, 4.69) is 13.2 Å². The van der Waals surface area contributed by atoms with Gasteiger partial charge >= 0.3 is 7.12 Å². The van der Waals surface area contributed by atoms with Gasteiger partial charge in [-0.25, -0.2) is 0 Å². The van der Waals surface area contributed by atoms with Crippen molar-refractivity contribution in [2.45, 2.75) is 38.9 Å². The first-order chi connectivity index (χ1) is 7.82. The summed E-state index contributed by atoms with van der Waals surface area (Å²) in [4.78, 5) is 0. The molecule has 0 unspecified atom stereocenters. The van der Waals surface area contributed by atoms with Gasteiger partial charge < -0.3 is 9.31 Å². The first kappa shape index (κ1) is 14.0. The van der Waals surface area contributed by atoms with Crippen LogP contribution >= 0.6 is 0 Å². The summed E-state index contributed by atoms with van der Waals surface area (Å²) in [5, 5.41) is 0. The van der Waals surface area contributed by atoms with Crippen molar-refractivity contribution in [1.82, 2.24) is 0 Å². The zero-order chi connectivity index (χ0) is 13.1. The predicted molar refractivity (Wildman–Crippen MR) is 73.7 cm³/mol. The highest BCUT2D eigenvalue weighted by atomic mass is 16.7. The molecule has 0 atom stereocenters. The molecule has 1 aliphatic rings. The first-order valence-electron chi connectivity index (χ1n) is 5.81. The maximum atomic E-state index is 5.84. The Bertz CT molecular complexity index is 348. The van der Waals surface area contributed by atoms with Crippen LogP contribution in [0.2, 0.25) is 0 Å². The summed E-state index contributed by atoms with van der Waals surface area (Å²) in [6.45, 7) is 15.5. The van der Waals surface area contributed by atoms with Crippen molar-refractivity contribution in [3.8, 4) is 0 Å². The second kappa shape index (κ2) is 5.07. The van der Waals surface area contributed by atoms with Crippen LogP contribution in [0.3, 0.4) is 0 Å². The molecule has 0 aromatic rings. The molecule has 1 saturated heterocycles. The molecule has 0 spiro atoms. The molecule has 0 aromatic carbocycles. The lowest BCUT2D eigenvalue weighted by molar-refractivity contribution is 0.00578. The Kier molecular flexibility index (Phi) is 4.18. The molecule has 0 amide bonds. The Balaban J connectivity index is 2.74. The van der Waals surface area contributed by atoms with Gasteiger partial charge in [0.05, 0.1) is 11.2 Å². The molecular formula is C14H21BO2. The van der Waals surface area contributed by atoms with Crippen LogP contribution in [0, 0.1) is 0 Å². The largest absolute Gasteiger partial charge is 0.487 e. The van der Waals surface area contributed by atoms with E-state index in [9.17, 15) is 0 Å². The molecule has 1 fully saturated rings. The summed E-state index contributed by atoms with van der Waals surface area (Å²) in [5.74, 6) is 1.90. The number of hydrogen-bond donors (Lipinski definition) is 0. The molecule has 0 saturated carbocycles. The topological polar surface area (TPSA) is 18.5 Å². The van der Waals surface area contributed by atoms with E-state index < -0.39 is 0 Å². The molecular weight excluding hydrogens is 211 g/mol. The quantitative estimate of drug-likeness (QED) is 0.545. The summed E-state index contributed by atoms with van der Waals surface area (Å²) in [6, 6.07) is 0. The maximum absolute atomic E-state index is 5.84. The standard InChI is InChI=1S/C14H21BO2/c1-7-9-12(8-2)10-11-15-16-13(3,4)14(5,6)17-15/h7-11H,1-2H2,3-6H3/b11-10+,12-9+.